The Morgan fingerprint density at radius 3 is 1.98 bits per heavy atom. The number of hydrogen-bond donors (Lipinski definition) is 0. The molecule has 0 atom stereocenters. The molecule has 11 rings (SSSR count). The predicted molar refractivity (Wildman–Crippen MR) is 216 cm³/mol. The van der Waals surface area contributed by atoms with E-state index in [-0.39, 0.29) is 5.41 Å². The van der Waals surface area contributed by atoms with Gasteiger partial charge in [-0.15, -0.1) is 0 Å². The van der Waals surface area contributed by atoms with E-state index in [1.54, 1.807) is 0 Å². The van der Waals surface area contributed by atoms with E-state index in [1.807, 2.05) is 6.07 Å². The SMILES string of the molecule is CC1(C)c2ccccc2-c2ccc(N(c3ccccc3-c3cccc4c3oc3cc5ccccc5cc34)c3cccc4oc5ccccc5c34)cc21. The first-order valence-corrected chi connectivity index (χ1v) is 17.9. The van der Waals surface area contributed by atoms with Crippen molar-refractivity contribution in [3.05, 3.63) is 175 Å². The van der Waals surface area contributed by atoms with Crippen LogP contribution >= 0.6 is 0 Å². The Balaban J connectivity index is 1.20. The molecule has 0 N–H and O–H groups in total. The third-order valence-corrected chi connectivity index (χ3v) is 11.2. The fourth-order valence-electron chi connectivity index (χ4n) is 8.77. The Kier molecular flexibility index (Phi) is 6.01. The lowest BCUT2D eigenvalue weighted by atomic mass is 9.82. The van der Waals surface area contributed by atoms with Crippen LogP contribution in [-0.4, -0.2) is 0 Å². The molecule has 0 radical (unpaired) electrons. The predicted octanol–water partition coefficient (Wildman–Crippen LogP) is 14.1. The quantitative estimate of drug-likeness (QED) is 0.187. The number of furan rings is 2. The molecule has 2 aromatic heterocycles. The lowest BCUT2D eigenvalue weighted by Gasteiger charge is -2.30. The molecular formula is C49H33NO2. The second kappa shape index (κ2) is 10.7. The molecule has 2 heterocycles. The molecule has 52 heavy (non-hydrogen) atoms. The van der Waals surface area contributed by atoms with E-state index in [0.29, 0.717) is 0 Å². The van der Waals surface area contributed by atoms with E-state index >= 15 is 0 Å². The zero-order valence-electron chi connectivity index (χ0n) is 28.9. The summed E-state index contributed by atoms with van der Waals surface area (Å²) < 4.78 is 13.3. The minimum atomic E-state index is -0.148. The van der Waals surface area contributed by atoms with Crippen LogP contribution in [0.1, 0.15) is 25.0 Å². The number of hydrogen-bond acceptors (Lipinski definition) is 3. The molecule has 3 heteroatoms. The standard InChI is InChI=1S/C49H33NO2/c1-49(2)40-20-8-5-15-33(40)34-26-25-32(29-41(34)49)50(43-22-12-24-45-47(43)38-17-7-10-23-44(38)51-45)42-21-9-6-16-35(42)36-18-11-19-37-39-27-30-13-3-4-14-31(30)28-46(39)52-48(36)37/h3-29H,1-2H3. The van der Waals surface area contributed by atoms with Gasteiger partial charge in [-0.05, 0) is 81.6 Å². The average molecular weight is 668 g/mol. The first-order chi connectivity index (χ1) is 25.5. The zero-order chi connectivity index (χ0) is 34.6. The number of nitrogens with zero attached hydrogens (tertiary/aromatic N) is 1. The number of anilines is 3. The fourth-order valence-corrected chi connectivity index (χ4v) is 8.77. The topological polar surface area (TPSA) is 29.5 Å². The van der Waals surface area contributed by atoms with Crippen LogP contribution in [-0.2, 0) is 5.41 Å². The van der Waals surface area contributed by atoms with Gasteiger partial charge in [0.15, 0.2) is 0 Å². The van der Waals surface area contributed by atoms with E-state index in [9.17, 15) is 0 Å². The van der Waals surface area contributed by atoms with Crippen molar-refractivity contribution in [2.45, 2.75) is 19.3 Å². The Morgan fingerprint density at radius 1 is 0.423 bits per heavy atom. The van der Waals surface area contributed by atoms with Crippen molar-refractivity contribution in [2.24, 2.45) is 0 Å². The summed E-state index contributed by atoms with van der Waals surface area (Å²) in [6.07, 6.45) is 0. The molecule has 3 nitrogen and oxygen atoms in total. The average Bonchev–Trinajstić information content (AvgIpc) is 3.82. The lowest BCUT2D eigenvalue weighted by Crippen LogP contribution is -2.17. The maximum absolute atomic E-state index is 6.80. The van der Waals surface area contributed by atoms with Crippen LogP contribution in [0.2, 0.25) is 0 Å². The molecule has 10 aromatic rings. The summed E-state index contributed by atoms with van der Waals surface area (Å²) in [5, 5.41) is 6.79. The van der Waals surface area contributed by atoms with E-state index in [4.69, 9.17) is 8.83 Å². The summed E-state index contributed by atoms with van der Waals surface area (Å²) in [6.45, 7) is 4.69. The molecule has 0 saturated heterocycles. The van der Waals surface area contributed by atoms with Gasteiger partial charge in [-0.3, -0.25) is 0 Å². The van der Waals surface area contributed by atoms with Crippen LogP contribution in [0.4, 0.5) is 17.1 Å². The number of rotatable bonds is 4. The highest BCUT2D eigenvalue weighted by Crippen LogP contribution is 2.52. The Bertz CT molecular complexity index is 3070. The van der Waals surface area contributed by atoms with Gasteiger partial charge in [0.05, 0.1) is 16.8 Å². The molecule has 0 amide bonds. The first-order valence-electron chi connectivity index (χ1n) is 17.9. The smallest absolute Gasteiger partial charge is 0.143 e. The summed E-state index contributed by atoms with van der Waals surface area (Å²) >= 11 is 0. The van der Waals surface area contributed by atoms with Gasteiger partial charge in [-0.1, -0.05) is 129 Å². The summed E-state index contributed by atoms with van der Waals surface area (Å²) in [6, 6.07) is 58.7. The normalized spacial score (nSPS) is 13.3. The van der Waals surface area contributed by atoms with Gasteiger partial charge in [0.1, 0.15) is 22.3 Å². The van der Waals surface area contributed by atoms with Gasteiger partial charge in [0, 0.05) is 38.4 Å². The monoisotopic (exact) mass is 667 g/mol. The van der Waals surface area contributed by atoms with Gasteiger partial charge in [0.25, 0.3) is 0 Å². The van der Waals surface area contributed by atoms with Gasteiger partial charge in [-0.25, -0.2) is 0 Å². The van der Waals surface area contributed by atoms with Crippen molar-refractivity contribution in [1.29, 1.82) is 0 Å². The van der Waals surface area contributed by atoms with E-state index in [0.717, 1.165) is 72.1 Å². The van der Waals surface area contributed by atoms with Crippen LogP contribution in [0.25, 0.3) is 76.9 Å². The van der Waals surface area contributed by atoms with E-state index in [2.05, 4.69) is 176 Å². The minimum absolute atomic E-state index is 0.148. The zero-order valence-corrected chi connectivity index (χ0v) is 28.9. The fraction of sp³-hybridized carbons (Fsp3) is 0.0612. The van der Waals surface area contributed by atoms with Crippen molar-refractivity contribution in [1.82, 2.24) is 0 Å². The molecule has 0 unspecified atom stereocenters. The third-order valence-electron chi connectivity index (χ3n) is 11.2. The highest BCUT2D eigenvalue weighted by molar-refractivity contribution is 6.16. The maximum atomic E-state index is 6.80. The molecule has 0 saturated carbocycles. The van der Waals surface area contributed by atoms with Gasteiger partial charge < -0.3 is 13.7 Å². The number of benzene rings is 8. The second-order valence-electron chi connectivity index (χ2n) is 14.5. The molecule has 246 valence electrons. The Labute approximate surface area is 301 Å². The second-order valence-corrected chi connectivity index (χ2v) is 14.5. The van der Waals surface area contributed by atoms with Gasteiger partial charge >= 0.3 is 0 Å². The Morgan fingerprint density at radius 2 is 1.08 bits per heavy atom. The van der Waals surface area contributed by atoms with Crippen LogP contribution in [0, 0.1) is 0 Å². The molecule has 1 aliphatic carbocycles. The molecule has 0 spiro atoms. The molecule has 0 fully saturated rings. The van der Waals surface area contributed by atoms with Crippen LogP contribution in [0.3, 0.4) is 0 Å². The van der Waals surface area contributed by atoms with Crippen LogP contribution in [0.15, 0.2) is 173 Å². The summed E-state index contributed by atoms with van der Waals surface area (Å²) in [4.78, 5) is 2.43. The van der Waals surface area contributed by atoms with Crippen molar-refractivity contribution < 1.29 is 8.83 Å². The minimum Gasteiger partial charge on any atom is -0.456 e. The van der Waals surface area contributed by atoms with Crippen molar-refractivity contribution in [3.8, 4) is 22.3 Å². The number of para-hydroxylation sites is 3. The number of fused-ring (bicyclic) bond motifs is 10. The van der Waals surface area contributed by atoms with Crippen molar-refractivity contribution >= 4 is 71.7 Å². The van der Waals surface area contributed by atoms with Gasteiger partial charge in [0.2, 0.25) is 0 Å². The molecule has 1 aliphatic rings. The Hall–Kier alpha value is -6.58. The van der Waals surface area contributed by atoms with E-state index < -0.39 is 0 Å². The maximum Gasteiger partial charge on any atom is 0.143 e. The summed E-state index contributed by atoms with van der Waals surface area (Å²) in [7, 11) is 0. The highest BCUT2D eigenvalue weighted by Gasteiger charge is 2.36. The molecule has 8 aromatic carbocycles. The largest absolute Gasteiger partial charge is 0.456 e. The molecule has 0 aliphatic heterocycles. The molecule has 0 bridgehead atoms. The third kappa shape index (κ3) is 4.08. The summed E-state index contributed by atoms with van der Waals surface area (Å²) in [5.41, 5.74) is 14.0. The van der Waals surface area contributed by atoms with Crippen LogP contribution < -0.4 is 4.90 Å². The summed E-state index contributed by atoms with van der Waals surface area (Å²) in [5.74, 6) is 0. The molecular weight excluding hydrogens is 635 g/mol. The first kappa shape index (κ1) is 29.2. The van der Waals surface area contributed by atoms with Crippen molar-refractivity contribution in [2.75, 3.05) is 4.90 Å². The van der Waals surface area contributed by atoms with Gasteiger partial charge in [-0.2, -0.15) is 0 Å². The van der Waals surface area contributed by atoms with E-state index in [1.165, 1.54) is 33.0 Å². The van der Waals surface area contributed by atoms with Crippen molar-refractivity contribution in [3.63, 3.8) is 0 Å². The lowest BCUT2D eigenvalue weighted by molar-refractivity contribution is 0.660. The van der Waals surface area contributed by atoms with Crippen LogP contribution in [0.5, 0.6) is 0 Å². The highest BCUT2D eigenvalue weighted by atomic mass is 16.3.